The van der Waals surface area contributed by atoms with Crippen LogP contribution in [0.3, 0.4) is 0 Å². The lowest BCUT2D eigenvalue weighted by atomic mass is 10.1. The Hall–Kier alpha value is -3.08. The van der Waals surface area contributed by atoms with Crippen molar-refractivity contribution in [3.8, 4) is 17.1 Å². The summed E-state index contributed by atoms with van der Waals surface area (Å²) in [4.78, 5) is 12.4. The number of carbonyl (C=O) groups is 1. The highest BCUT2D eigenvalue weighted by molar-refractivity contribution is 6.07. The third-order valence-corrected chi connectivity index (χ3v) is 3.20. The number of nitrogens with zero attached hydrogens (tertiary/aromatic N) is 1. The first-order valence-corrected chi connectivity index (χ1v) is 6.73. The predicted molar refractivity (Wildman–Crippen MR) is 82.9 cm³/mol. The molecular weight excluding hydrogens is 280 g/mol. The fourth-order valence-corrected chi connectivity index (χ4v) is 2.07. The van der Waals surface area contributed by atoms with E-state index in [1.165, 1.54) is 6.20 Å². The van der Waals surface area contributed by atoms with Crippen molar-refractivity contribution in [3.63, 3.8) is 0 Å². The maximum atomic E-state index is 12.4. The molecule has 1 aromatic heterocycles. The van der Waals surface area contributed by atoms with Gasteiger partial charge in [0.05, 0.1) is 13.3 Å². The van der Waals surface area contributed by atoms with Gasteiger partial charge in [-0.2, -0.15) is 0 Å². The number of methoxy groups -OCH3 is 1. The minimum Gasteiger partial charge on any atom is -0.497 e. The Balaban J connectivity index is 1.82. The molecule has 0 aliphatic rings. The van der Waals surface area contributed by atoms with Crippen molar-refractivity contribution < 1.29 is 14.1 Å². The van der Waals surface area contributed by atoms with Crippen molar-refractivity contribution in [1.29, 1.82) is 0 Å². The Kier molecular flexibility index (Phi) is 3.87. The zero-order chi connectivity index (χ0) is 15.4. The zero-order valence-electron chi connectivity index (χ0n) is 11.9. The van der Waals surface area contributed by atoms with Crippen LogP contribution in [0, 0.1) is 0 Å². The molecule has 0 fully saturated rings. The van der Waals surface area contributed by atoms with Gasteiger partial charge >= 0.3 is 0 Å². The van der Waals surface area contributed by atoms with Gasteiger partial charge in [-0.15, -0.1) is 0 Å². The van der Waals surface area contributed by atoms with Crippen molar-refractivity contribution in [1.82, 2.24) is 5.16 Å². The van der Waals surface area contributed by atoms with E-state index in [9.17, 15) is 4.79 Å². The number of aromatic nitrogens is 1. The van der Waals surface area contributed by atoms with Gasteiger partial charge in [0.1, 0.15) is 11.3 Å². The Bertz CT molecular complexity index is 764. The number of carbonyl (C=O) groups excluding carboxylic acids is 1. The molecule has 1 amide bonds. The van der Waals surface area contributed by atoms with Gasteiger partial charge in [0.2, 0.25) is 0 Å². The summed E-state index contributed by atoms with van der Waals surface area (Å²) in [6.45, 7) is 0. The topological polar surface area (TPSA) is 64.4 Å². The van der Waals surface area contributed by atoms with Gasteiger partial charge in [-0.3, -0.25) is 4.79 Å². The summed E-state index contributed by atoms with van der Waals surface area (Å²) in [5.41, 5.74) is 1.87. The van der Waals surface area contributed by atoms with E-state index in [0.717, 1.165) is 11.3 Å². The molecule has 1 N–H and O–H groups in total. The molecule has 0 unspecified atom stereocenters. The van der Waals surface area contributed by atoms with Crippen LogP contribution >= 0.6 is 0 Å². The van der Waals surface area contributed by atoms with E-state index in [1.807, 2.05) is 30.3 Å². The summed E-state index contributed by atoms with van der Waals surface area (Å²) < 4.78 is 10.3. The molecule has 5 heteroatoms. The number of anilines is 1. The van der Waals surface area contributed by atoms with Crippen LogP contribution < -0.4 is 10.1 Å². The molecule has 2 aromatic carbocycles. The summed E-state index contributed by atoms with van der Waals surface area (Å²) >= 11 is 0. The number of rotatable bonds is 4. The molecule has 22 heavy (non-hydrogen) atoms. The number of nitrogens with one attached hydrogen (secondary N) is 1. The largest absolute Gasteiger partial charge is 0.497 e. The second-order valence-corrected chi connectivity index (χ2v) is 4.62. The van der Waals surface area contributed by atoms with E-state index in [-0.39, 0.29) is 5.91 Å². The molecule has 0 bridgehead atoms. The van der Waals surface area contributed by atoms with E-state index in [2.05, 4.69) is 10.5 Å². The molecule has 1 heterocycles. The lowest BCUT2D eigenvalue weighted by Gasteiger charge is -2.06. The highest BCUT2D eigenvalue weighted by Crippen LogP contribution is 2.24. The van der Waals surface area contributed by atoms with E-state index < -0.39 is 0 Å². The van der Waals surface area contributed by atoms with Crippen molar-refractivity contribution in [3.05, 3.63) is 66.4 Å². The second kappa shape index (κ2) is 6.13. The molecule has 0 saturated carbocycles. The van der Waals surface area contributed by atoms with Crippen molar-refractivity contribution >= 4 is 11.6 Å². The first-order chi connectivity index (χ1) is 10.8. The molecule has 3 aromatic rings. The maximum Gasteiger partial charge on any atom is 0.261 e. The quantitative estimate of drug-likeness (QED) is 0.798. The van der Waals surface area contributed by atoms with Crippen LogP contribution in [0.1, 0.15) is 10.4 Å². The SMILES string of the molecule is COc1ccc(NC(=O)c2cnoc2-c2ccccc2)cc1. The molecule has 5 nitrogen and oxygen atoms in total. The lowest BCUT2D eigenvalue weighted by Crippen LogP contribution is -2.11. The van der Waals surface area contributed by atoms with Gasteiger partial charge in [-0.25, -0.2) is 0 Å². The summed E-state index contributed by atoms with van der Waals surface area (Å²) in [6, 6.07) is 16.5. The average Bonchev–Trinajstić information content (AvgIpc) is 3.06. The first-order valence-electron chi connectivity index (χ1n) is 6.73. The first kappa shape index (κ1) is 13.9. The normalized spacial score (nSPS) is 10.2. The number of ether oxygens (including phenoxy) is 1. The van der Waals surface area contributed by atoms with Crippen LogP contribution in [0.15, 0.2) is 65.3 Å². The number of hydrogen-bond acceptors (Lipinski definition) is 4. The maximum absolute atomic E-state index is 12.4. The van der Waals surface area contributed by atoms with Crippen LogP contribution in [0.5, 0.6) is 5.75 Å². The predicted octanol–water partition coefficient (Wildman–Crippen LogP) is 3.60. The fourth-order valence-electron chi connectivity index (χ4n) is 2.07. The van der Waals surface area contributed by atoms with Gasteiger partial charge < -0.3 is 14.6 Å². The van der Waals surface area contributed by atoms with Crippen molar-refractivity contribution in [2.24, 2.45) is 0 Å². The van der Waals surface area contributed by atoms with Gasteiger partial charge in [0, 0.05) is 11.3 Å². The molecule has 0 atom stereocenters. The van der Waals surface area contributed by atoms with Crippen LogP contribution in [-0.2, 0) is 0 Å². The van der Waals surface area contributed by atoms with E-state index in [1.54, 1.807) is 31.4 Å². The Morgan fingerprint density at radius 1 is 1.09 bits per heavy atom. The molecule has 0 aliphatic heterocycles. The van der Waals surface area contributed by atoms with Crippen LogP contribution in [0.2, 0.25) is 0 Å². The third kappa shape index (κ3) is 2.83. The summed E-state index contributed by atoms with van der Waals surface area (Å²) in [5.74, 6) is 0.907. The lowest BCUT2D eigenvalue weighted by molar-refractivity contribution is 0.102. The van der Waals surface area contributed by atoms with Crippen molar-refractivity contribution in [2.45, 2.75) is 0 Å². The molecule has 0 radical (unpaired) electrons. The molecule has 0 saturated heterocycles. The van der Waals surface area contributed by atoms with Crippen LogP contribution in [0.4, 0.5) is 5.69 Å². The Morgan fingerprint density at radius 2 is 1.82 bits per heavy atom. The molecule has 110 valence electrons. The van der Waals surface area contributed by atoms with Crippen LogP contribution in [-0.4, -0.2) is 18.2 Å². The summed E-state index contributed by atoms with van der Waals surface area (Å²) in [7, 11) is 1.59. The standard InChI is InChI=1S/C17H14N2O3/c1-21-14-9-7-13(8-10-14)19-17(20)15-11-18-22-16(15)12-5-3-2-4-6-12/h2-11H,1H3,(H,19,20). The Morgan fingerprint density at radius 3 is 2.50 bits per heavy atom. The highest BCUT2D eigenvalue weighted by atomic mass is 16.5. The minimum atomic E-state index is -0.273. The second-order valence-electron chi connectivity index (χ2n) is 4.62. The van der Waals surface area contributed by atoms with E-state index in [0.29, 0.717) is 17.0 Å². The van der Waals surface area contributed by atoms with E-state index >= 15 is 0 Å². The smallest absolute Gasteiger partial charge is 0.261 e. The highest BCUT2D eigenvalue weighted by Gasteiger charge is 2.17. The average molecular weight is 294 g/mol. The number of hydrogen-bond donors (Lipinski definition) is 1. The monoisotopic (exact) mass is 294 g/mol. The molecule has 0 aliphatic carbocycles. The minimum absolute atomic E-state index is 0.273. The Labute approximate surface area is 127 Å². The van der Waals surface area contributed by atoms with Gasteiger partial charge in [-0.1, -0.05) is 35.5 Å². The number of amides is 1. The van der Waals surface area contributed by atoms with Crippen LogP contribution in [0.25, 0.3) is 11.3 Å². The zero-order valence-corrected chi connectivity index (χ0v) is 11.9. The summed E-state index contributed by atoms with van der Waals surface area (Å²) in [5, 5.41) is 6.54. The molecule has 3 rings (SSSR count). The third-order valence-electron chi connectivity index (χ3n) is 3.20. The molecular formula is C17H14N2O3. The van der Waals surface area contributed by atoms with E-state index in [4.69, 9.17) is 9.26 Å². The molecule has 0 spiro atoms. The van der Waals surface area contributed by atoms with Gasteiger partial charge in [0.15, 0.2) is 5.76 Å². The number of benzene rings is 2. The van der Waals surface area contributed by atoms with Gasteiger partial charge in [0.25, 0.3) is 5.91 Å². The summed E-state index contributed by atoms with van der Waals surface area (Å²) in [6.07, 6.45) is 1.42. The fraction of sp³-hybridized carbons (Fsp3) is 0.0588. The van der Waals surface area contributed by atoms with Crippen molar-refractivity contribution in [2.75, 3.05) is 12.4 Å². The van der Waals surface area contributed by atoms with Gasteiger partial charge in [-0.05, 0) is 24.3 Å².